The summed E-state index contributed by atoms with van der Waals surface area (Å²) in [5.74, 6) is -0.639. The van der Waals surface area contributed by atoms with Crippen LogP contribution in [0.15, 0.2) is 30.3 Å². The Bertz CT molecular complexity index is 1230. The molecule has 2 heterocycles. The first-order chi connectivity index (χ1) is 16.2. The van der Waals surface area contributed by atoms with Gasteiger partial charge in [-0.15, -0.1) is 13.2 Å². The van der Waals surface area contributed by atoms with E-state index in [0.29, 0.717) is 47.8 Å². The predicted molar refractivity (Wildman–Crippen MR) is 115 cm³/mol. The molecule has 0 spiro atoms. The molecule has 1 aromatic heterocycles. The lowest BCUT2D eigenvalue weighted by Crippen LogP contribution is -2.34. The van der Waals surface area contributed by atoms with Crippen LogP contribution < -0.4 is 25.3 Å². The third kappa shape index (κ3) is 4.97. The molecule has 34 heavy (non-hydrogen) atoms. The number of morpholine rings is 1. The summed E-state index contributed by atoms with van der Waals surface area (Å²) in [6, 6.07) is 6.64. The fourth-order valence-electron chi connectivity index (χ4n) is 3.66. The molecule has 9 nitrogen and oxygen atoms in total. The first-order valence-corrected chi connectivity index (χ1v) is 10.2. The van der Waals surface area contributed by atoms with E-state index < -0.39 is 24.1 Å². The molecule has 2 aromatic carbocycles. The number of rotatable bonds is 6. The van der Waals surface area contributed by atoms with E-state index in [1.165, 1.54) is 20.3 Å². The quantitative estimate of drug-likeness (QED) is 0.555. The zero-order valence-electron chi connectivity index (χ0n) is 18.2. The fourth-order valence-corrected chi connectivity index (χ4v) is 3.66. The van der Waals surface area contributed by atoms with Crippen molar-refractivity contribution in [2.45, 2.75) is 12.5 Å². The van der Waals surface area contributed by atoms with E-state index in [9.17, 15) is 18.0 Å². The molecule has 12 heteroatoms. The standard InChI is InChI=1S/C22H21F3N4O5/c1-31-16-8-14-15(9-17(16)32-2)28-21(29-19(14)18-10-27-3-4-33-18)12-5-11(20(26)30)6-13(7-12)34-22(23,24)25/h5-9,18,27H,3-4,10H2,1-2H3,(H2,26,30). The minimum Gasteiger partial charge on any atom is -0.493 e. The van der Waals surface area contributed by atoms with Crippen LogP contribution in [0.25, 0.3) is 22.3 Å². The first kappa shape index (κ1) is 23.5. The van der Waals surface area contributed by atoms with Gasteiger partial charge in [0.2, 0.25) is 5.91 Å². The Balaban J connectivity index is 1.94. The van der Waals surface area contributed by atoms with Crippen molar-refractivity contribution < 1.29 is 36.9 Å². The van der Waals surface area contributed by atoms with Crippen LogP contribution in [0.3, 0.4) is 0 Å². The Hall–Kier alpha value is -3.64. The molecule has 1 aliphatic rings. The van der Waals surface area contributed by atoms with Crippen molar-refractivity contribution in [3.8, 4) is 28.6 Å². The topological polar surface area (TPSA) is 118 Å². The minimum absolute atomic E-state index is 0.0546. The SMILES string of the molecule is COc1cc2nc(-c3cc(OC(F)(F)F)cc(C(N)=O)c3)nc(C3CNCCO3)c2cc1OC. The second-order valence-corrected chi connectivity index (χ2v) is 7.38. The van der Waals surface area contributed by atoms with Crippen molar-refractivity contribution in [3.63, 3.8) is 0 Å². The number of benzene rings is 2. The van der Waals surface area contributed by atoms with Crippen LogP contribution in [0.5, 0.6) is 17.2 Å². The van der Waals surface area contributed by atoms with E-state index in [-0.39, 0.29) is 17.0 Å². The molecule has 3 N–H and O–H groups in total. The lowest BCUT2D eigenvalue weighted by atomic mass is 10.1. The number of nitrogens with one attached hydrogen (secondary N) is 1. The fraction of sp³-hybridized carbons (Fsp3) is 0.318. The predicted octanol–water partition coefficient (Wildman–Crippen LogP) is 2.97. The molecule has 1 amide bonds. The number of hydrogen-bond acceptors (Lipinski definition) is 8. The molecule has 1 saturated heterocycles. The van der Waals surface area contributed by atoms with Crippen LogP contribution in [-0.4, -0.2) is 56.2 Å². The molecular weight excluding hydrogens is 457 g/mol. The molecule has 3 aromatic rings. The Morgan fingerprint density at radius 1 is 1.12 bits per heavy atom. The van der Waals surface area contributed by atoms with Crippen LogP contribution in [0.4, 0.5) is 13.2 Å². The monoisotopic (exact) mass is 478 g/mol. The number of amides is 1. The smallest absolute Gasteiger partial charge is 0.493 e. The van der Waals surface area contributed by atoms with Gasteiger partial charge in [-0.2, -0.15) is 0 Å². The van der Waals surface area contributed by atoms with Gasteiger partial charge in [0.25, 0.3) is 0 Å². The number of fused-ring (bicyclic) bond motifs is 1. The Kier molecular flexibility index (Phi) is 6.44. The van der Waals surface area contributed by atoms with Crippen molar-refractivity contribution in [2.75, 3.05) is 33.9 Å². The van der Waals surface area contributed by atoms with E-state index in [1.807, 2.05) is 0 Å². The molecule has 4 rings (SSSR count). The third-order valence-electron chi connectivity index (χ3n) is 5.15. The van der Waals surface area contributed by atoms with Crippen molar-refractivity contribution >= 4 is 16.8 Å². The van der Waals surface area contributed by atoms with Gasteiger partial charge >= 0.3 is 6.36 Å². The van der Waals surface area contributed by atoms with E-state index in [2.05, 4.69) is 20.0 Å². The van der Waals surface area contributed by atoms with Crippen molar-refractivity contribution in [1.29, 1.82) is 0 Å². The molecule has 0 aliphatic carbocycles. The van der Waals surface area contributed by atoms with Gasteiger partial charge in [-0.05, 0) is 24.3 Å². The summed E-state index contributed by atoms with van der Waals surface area (Å²) in [5, 5.41) is 3.84. The highest BCUT2D eigenvalue weighted by atomic mass is 19.4. The second-order valence-electron chi connectivity index (χ2n) is 7.38. The summed E-state index contributed by atoms with van der Waals surface area (Å²) in [4.78, 5) is 20.9. The van der Waals surface area contributed by atoms with Crippen LogP contribution in [0.2, 0.25) is 0 Å². The number of halogens is 3. The zero-order valence-corrected chi connectivity index (χ0v) is 18.2. The highest BCUT2D eigenvalue weighted by molar-refractivity contribution is 5.95. The third-order valence-corrected chi connectivity index (χ3v) is 5.15. The summed E-state index contributed by atoms with van der Waals surface area (Å²) in [6.07, 6.45) is -5.42. The summed E-state index contributed by atoms with van der Waals surface area (Å²) < 4.78 is 59.2. The average Bonchev–Trinajstić information content (AvgIpc) is 2.81. The number of methoxy groups -OCH3 is 2. The highest BCUT2D eigenvalue weighted by Gasteiger charge is 2.32. The van der Waals surface area contributed by atoms with Crippen LogP contribution in [0, 0.1) is 0 Å². The number of carbonyl (C=O) groups is 1. The Morgan fingerprint density at radius 2 is 1.85 bits per heavy atom. The van der Waals surface area contributed by atoms with Gasteiger partial charge in [0.1, 0.15) is 11.9 Å². The number of carbonyl (C=O) groups excluding carboxylic acids is 1. The molecule has 1 unspecified atom stereocenters. The zero-order chi connectivity index (χ0) is 24.5. The van der Waals surface area contributed by atoms with Crippen molar-refractivity contribution in [3.05, 3.63) is 41.6 Å². The number of ether oxygens (including phenoxy) is 4. The van der Waals surface area contributed by atoms with Crippen LogP contribution in [0.1, 0.15) is 22.2 Å². The van der Waals surface area contributed by atoms with E-state index >= 15 is 0 Å². The van der Waals surface area contributed by atoms with Crippen LogP contribution in [-0.2, 0) is 4.74 Å². The molecule has 180 valence electrons. The average molecular weight is 478 g/mol. The van der Waals surface area contributed by atoms with Gasteiger partial charge < -0.3 is 30.0 Å². The molecule has 0 saturated carbocycles. The van der Waals surface area contributed by atoms with Crippen molar-refractivity contribution in [2.24, 2.45) is 5.73 Å². The maximum Gasteiger partial charge on any atom is 0.573 e. The van der Waals surface area contributed by atoms with Gasteiger partial charge in [-0.25, -0.2) is 9.97 Å². The first-order valence-electron chi connectivity index (χ1n) is 10.2. The molecule has 1 fully saturated rings. The molecule has 1 atom stereocenters. The summed E-state index contributed by atoms with van der Waals surface area (Å²) in [5.41, 5.74) is 6.18. The normalized spacial score (nSPS) is 16.3. The van der Waals surface area contributed by atoms with Crippen LogP contribution >= 0.6 is 0 Å². The second kappa shape index (κ2) is 9.31. The number of nitrogens with two attached hydrogens (primary N) is 1. The number of primary amides is 1. The summed E-state index contributed by atoms with van der Waals surface area (Å²) >= 11 is 0. The Labute approximate surface area is 192 Å². The van der Waals surface area contributed by atoms with E-state index in [0.717, 1.165) is 12.1 Å². The van der Waals surface area contributed by atoms with Crippen molar-refractivity contribution in [1.82, 2.24) is 15.3 Å². The summed E-state index contributed by atoms with van der Waals surface area (Å²) in [7, 11) is 2.96. The molecule has 0 radical (unpaired) electrons. The lowest BCUT2D eigenvalue weighted by molar-refractivity contribution is -0.274. The maximum atomic E-state index is 12.9. The van der Waals surface area contributed by atoms with E-state index in [4.69, 9.17) is 19.9 Å². The highest BCUT2D eigenvalue weighted by Crippen LogP contribution is 2.37. The number of nitrogens with zero attached hydrogens (tertiary/aromatic N) is 2. The molecule has 1 aliphatic heterocycles. The van der Waals surface area contributed by atoms with Gasteiger partial charge in [0, 0.05) is 35.7 Å². The van der Waals surface area contributed by atoms with Gasteiger partial charge in [-0.1, -0.05) is 0 Å². The number of alkyl halides is 3. The van der Waals surface area contributed by atoms with Gasteiger partial charge in [0.15, 0.2) is 17.3 Å². The maximum absolute atomic E-state index is 12.9. The molecular formula is C22H21F3N4O5. The largest absolute Gasteiger partial charge is 0.573 e. The summed E-state index contributed by atoms with van der Waals surface area (Å²) in [6.45, 7) is 1.57. The Morgan fingerprint density at radius 3 is 2.47 bits per heavy atom. The molecule has 0 bridgehead atoms. The van der Waals surface area contributed by atoms with Gasteiger partial charge in [0.05, 0.1) is 32.0 Å². The minimum atomic E-state index is -4.96. The lowest BCUT2D eigenvalue weighted by Gasteiger charge is -2.25. The van der Waals surface area contributed by atoms with E-state index in [1.54, 1.807) is 12.1 Å². The number of aromatic nitrogens is 2. The number of hydrogen-bond donors (Lipinski definition) is 2. The van der Waals surface area contributed by atoms with Gasteiger partial charge in [-0.3, -0.25) is 4.79 Å².